The van der Waals surface area contributed by atoms with Crippen LogP contribution < -0.4 is 5.32 Å². The third kappa shape index (κ3) is 3.91. The second-order valence-electron chi connectivity index (χ2n) is 6.51. The van der Waals surface area contributed by atoms with Crippen LogP contribution in [0.1, 0.15) is 30.8 Å². The molecule has 0 aliphatic heterocycles. The topological polar surface area (TPSA) is 110 Å². The maximum absolute atomic E-state index is 9.89. The van der Waals surface area contributed by atoms with Crippen LogP contribution in [0.25, 0.3) is 11.0 Å². The lowest BCUT2D eigenvalue weighted by Gasteiger charge is -2.12. The highest BCUT2D eigenvalue weighted by Gasteiger charge is 2.23. The van der Waals surface area contributed by atoms with Crippen LogP contribution in [0.4, 0.5) is 5.95 Å². The minimum atomic E-state index is -0.568. The molecule has 9 nitrogen and oxygen atoms in total. The maximum Gasteiger partial charge on any atom is 0.222 e. The molecule has 0 saturated heterocycles. The molecule has 4 rings (SSSR count). The van der Waals surface area contributed by atoms with E-state index in [4.69, 9.17) is 4.98 Å². The second kappa shape index (κ2) is 8.48. The lowest BCUT2D eigenvalue weighted by atomic mass is 10.1. The van der Waals surface area contributed by atoms with Crippen LogP contribution in [0.5, 0.6) is 0 Å². The molecule has 3 heterocycles. The fourth-order valence-electron chi connectivity index (χ4n) is 3.31. The third-order valence-corrected chi connectivity index (χ3v) is 4.67. The van der Waals surface area contributed by atoms with Crippen LogP contribution >= 0.6 is 0 Å². The Balaban J connectivity index is 1.52. The fourth-order valence-corrected chi connectivity index (χ4v) is 3.31. The molecule has 0 aliphatic carbocycles. The maximum atomic E-state index is 9.89. The van der Waals surface area contributed by atoms with E-state index in [-0.39, 0.29) is 0 Å². The highest BCUT2D eigenvalue weighted by atomic mass is 15.3. The molecule has 1 aromatic carbocycles. The Morgan fingerprint density at radius 3 is 2.90 bits per heavy atom. The first-order chi connectivity index (χ1) is 14.3. The minimum Gasteiger partial charge on any atom is -0.354 e. The molecule has 0 fully saturated rings. The quantitative estimate of drug-likeness (QED) is 0.463. The predicted octanol–water partition coefficient (Wildman–Crippen LogP) is 2.60. The van der Waals surface area contributed by atoms with Crippen molar-refractivity contribution in [2.75, 3.05) is 11.9 Å². The number of nitrogens with zero attached hydrogens (tertiary/aromatic N) is 8. The predicted molar refractivity (Wildman–Crippen MR) is 108 cm³/mol. The minimum absolute atomic E-state index is 0.500. The molecule has 0 saturated carbocycles. The highest BCUT2D eigenvalue weighted by molar-refractivity contribution is 5.76. The molecule has 29 heavy (non-hydrogen) atoms. The van der Waals surface area contributed by atoms with E-state index in [1.165, 1.54) is 6.33 Å². The Morgan fingerprint density at radius 2 is 2.10 bits per heavy atom. The molecule has 1 unspecified atom stereocenters. The lowest BCUT2D eigenvalue weighted by molar-refractivity contribution is 0.589. The average Bonchev–Trinajstić information content (AvgIpc) is 3.40. The van der Waals surface area contributed by atoms with Crippen molar-refractivity contribution in [3.63, 3.8) is 0 Å². The van der Waals surface area contributed by atoms with Gasteiger partial charge in [0.05, 0.1) is 22.8 Å². The second-order valence-corrected chi connectivity index (χ2v) is 6.51. The molecule has 1 N–H and O–H groups in total. The Bertz CT molecular complexity index is 1120. The van der Waals surface area contributed by atoms with Crippen molar-refractivity contribution >= 4 is 17.0 Å². The number of aromatic nitrogens is 7. The zero-order valence-corrected chi connectivity index (χ0v) is 16.1. The summed E-state index contributed by atoms with van der Waals surface area (Å²) in [5.74, 6) is 0.633. The number of fused-ring (bicyclic) bond motifs is 1. The van der Waals surface area contributed by atoms with Crippen molar-refractivity contribution in [1.82, 2.24) is 34.3 Å². The van der Waals surface area contributed by atoms with Crippen molar-refractivity contribution in [2.24, 2.45) is 0 Å². The van der Waals surface area contributed by atoms with Gasteiger partial charge in [0.1, 0.15) is 24.4 Å². The van der Waals surface area contributed by atoms with Crippen LogP contribution in [0.2, 0.25) is 0 Å². The summed E-state index contributed by atoms with van der Waals surface area (Å²) in [6, 6.07) is 12.0. The number of hydrogen-bond acceptors (Lipinski definition) is 7. The molecule has 0 amide bonds. The van der Waals surface area contributed by atoms with Gasteiger partial charge in [0.2, 0.25) is 5.95 Å². The lowest BCUT2D eigenvalue weighted by Crippen LogP contribution is -2.13. The highest BCUT2D eigenvalue weighted by Crippen LogP contribution is 2.26. The summed E-state index contributed by atoms with van der Waals surface area (Å²) in [7, 11) is 0. The summed E-state index contributed by atoms with van der Waals surface area (Å²) in [4.78, 5) is 17.5. The molecule has 0 radical (unpaired) electrons. The van der Waals surface area contributed by atoms with Crippen LogP contribution in [0.3, 0.4) is 0 Å². The van der Waals surface area contributed by atoms with Crippen LogP contribution in [-0.2, 0) is 13.1 Å². The van der Waals surface area contributed by atoms with Gasteiger partial charge in [0, 0.05) is 25.8 Å². The van der Waals surface area contributed by atoms with Crippen LogP contribution in [-0.4, -0.2) is 40.8 Å². The molecular weight excluding hydrogens is 366 g/mol. The Morgan fingerprint density at radius 1 is 1.21 bits per heavy atom. The fraction of sp³-hybridized carbons (Fsp3) is 0.300. The molecule has 9 heteroatoms. The Kier molecular flexibility index (Phi) is 5.42. The third-order valence-electron chi connectivity index (χ3n) is 4.67. The zero-order valence-electron chi connectivity index (χ0n) is 16.1. The van der Waals surface area contributed by atoms with E-state index in [1.54, 1.807) is 23.3 Å². The summed E-state index contributed by atoms with van der Waals surface area (Å²) in [5, 5.41) is 17.2. The zero-order chi connectivity index (χ0) is 20.1. The number of anilines is 1. The van der Waals surface area contributed by atoms with E-state index in [1.807, 2.05) is 31.2 Å². The van der Waals surface area contributed by atoms with Crippen LogP contribution in [0, 0.1) is 11.3 Å². The molecule has 0 spiro atoms. The Labute approximate surface area is 168 Å². The van der Waals surface area contributed by atoms with Gasteiger partial charge in [-0.15, -0.1) is 0 Å². The smallest absolute Gasteiger partial charge is 0.222 e. The number of para-hydroxylation sites is 2. The van der Waals surface area contributed by atoms with Gasteiger partial charge in [0.25, 0.3) is 0 Å². The van der Waals surface area contributed by atoms with E-state index in [2.05, 4.69) is 36.0 Å². The van der Waals surface area contributed by atoms with Gasteiger partial charge in [-0.2, -0.15) is 10.4 Å². The average molecular weight is 387 g/mol. The van der Waals surface area contributed by atoms with E-state index in [9.17, 15) is 5.26 Å². The normalized spacial score (nSPS) is 12.0. The van der Waals surface area contributed by atoms with Crippen molar-refractivity contribution in [3.05, 3.63) is 60.7 Å². The van der Waals surface area contributed by atoms with Gasteiger partial charge < -0.3 is 9.88 Å². The summed E-state index contributed by atoms with van der Waals surface area (Å²) >= 11 is 0. The SMILES string of the molecule is CCn1c(C(C#N)c2ccnc(NCCCn3cncn3)n2)nc2ccccc21. The summed E-state index contributed by atoms with van der Waals surface area (Å²) in [6.45, 7) is 4.22. The van der Waals surface area contributed by atoms with Crippen molar-refractivity contribution in [3.8, 4) is 6.07 Å². The van der Waals surface area contributed by atoms with Gasteiger partial charge in [0.15, 0.2) is 0 Å². The number of rotatable bonds is 8. The van der Waals surface area contributed by atoms with Gasteiger partial charge >= 0.3 is 0 Å². The van der Waals surface area contributed by atoms with Crippen molar-refractivity contribution in [1.29, 1.82) is 5.26 Å². The van der Waals surface area contributed by atoms with E-state index in [0.717, 1.165) is 30.5 Å². The monoisotopic (exact) mass is 387 g/mol. The first kappa shape index (κ1) is 18.6. The number of nitrogens with one attached hydrogen (secondary N) is 1. The summed E-state index contributed by atoms with van der Waals surface area (Å²) < 4.78 is 3.84. The largest absolute Gasteiger partial charge is 0.354 e. The van der Waals surface area contributed by atoms with Gasteiger partial charge in [-0.1, -0.05) is 12.1 Å². The molecule has 3 aromatic heterocycles. The number of imidazole rings is 1. The van der Waals surface area contributed by atoms with Gasteiger partial charge in [-0.05, 0) is 31.5 Å². The van der Waals surface area contributed by atoms with Crippen molar-refractivity contribution in [2.45, 2.75) is 32.4 Å². The first-order valence-corrected chi connectivity index (χ1v) is 9.54. The number of hydrogen-bond donors (Lipinski definition) is 1. The number of aryl methyl sites for hydroxylation is 2. The van der Waals surface area contributed by atoms with E-state index >= 15 is 0 Å². The molecular formula is C20H21N9. The molecule has 0 bridgehead atoms. The van der Waals surface area contributed by atoms with Gasteiger partial charge in [-0.25, -0.2) is 19.9 Å². The standard InChI is InChI=1S/C20H21N9/c1-2-29-18-7-4-3-6-17(18)26-19(29)15(12-21)16-8-10-24-20(27-16)23-9-5-11-28-14-22-13-25-28/h3-4,6-8,10,13-15H,2,5,9,11H2,1H3,(H,23,24,27). The molecule has 0 aliphatic rings. The molecule has 1 atom stereocenters. The molecule has 4 aromatic rings. The van der Waals surface area contributed by atoms with Gasteiger partial charge in [-0.3, -0.25) is 4.68 Å². The van der Waals surface area contributed by atoms with Crippen molar-refractivity contribution < 1.29 is 0 Å². The van der Waals surface area contributed by atoms with E-state index < -0.39 is 5.92 Å². The van der Waals surface area contributed by atoms with Crippen LogP contribution in [0.15, 0.2) is 49.2 Å². The molecule has 146 valence electrons. The number of nitriles is 1. The summed E-state index contributed by atoms with van der Waals surface area (Å²) in [5.41, 5.74) is 2.53. The summed E-state index contributed by atoms with van der Waals surface area (Å²) in [6.07, 6.45) is 5.73. The first-order valence-electron chi connectivity index (χ1n) is 9.54. The van der Waals surface area contributed by atoms with E-state index in [0.29, 0.717) is 24.0 Å². The Hall–Kier alpha value is -3.80. The number of benzene rings is 1.